The van der Waals surface area contributed by atoms with Gasteiger partial charge >= 0.3 is 0 Å². The van der Waals surface area contributed by atoms with Gasteiger partial charge < -0.3 is 9.84 Å². The molecule has 0 radical (unpaired) electrons. The summed E-state index contributed by atoms with van der Waals surface area (Å²) >= 11 is 0. The highest BCUT2D eigenvalue weighted by molar-refractivity contribution is 5.32. The van der Waals surface area contributed by atoms with Gasteiger partial charge in [-0.2, -0.15) is 0 Å². The van der Waals surface area contributed by atoms with Crippen LogP contribution in [-0.2, 0) is 4.74 Å². The van der Waals surface area contributed by atoms with E-state index in [4.69, 9.17) is 4.74 Å². The number of hydrogen-bond donors (Lipinski definition) is 1. The Morgan fingerprint density at radius 3 is 2.32 bits per heavy atom. The molecule has 31 heavy (non-hydrogen) atoms. The number of hydrogen-bond acceptors (Lipinski definition) is 2. The predicted molar refractivity (Wildman–Crippen MR) is 127 cm³/mol. The molecule has 0 aromatic heterocycles. The fraction of sp³-hybridized carbons (Fsp3) is 0.931. The quantitative estimate of drug-likeness (QED) is 0.504. The number of rotatable bonds is 3. The van der Waals surface area contributed by atoms with Crippen LogP contribution < -0.4 is 0 Å². The van der Waals surface area contributed by atoms with Gasteiger partial charge in [0.15, 0.2) is 0 Å². The van der Waals surface area contributed by atoms with Crippen LogP contribution in [0.15, 0.2) is 11.3 Å². The molecule has 9 atom stereocenters. The van der Waals surface area contributed by atoms with Crippen LogP contribution in [0.4, 0.5) is 0 Å². The molecule has 4 aliphatic carbocycles. The average molecular weight is 429 g/mol. The van der Waals surface area contributed by atoms with Crippen molar-refractivity contribution in [3.63, 3.8) is 0 Å². The van der Waals surface area contributed by atoms with Gasteiger partial charge in [0.05, 0.1) is 11.4 Å². The van der Waals surface area contributed by atoms with Crippen molar-refractivity contribution in [3.05, 3.63) is 11.3 Å². The number of ether oxygens (including phenoxy) is 1. The van der Waals surface area contributed by atoms with Crippen molar-refractivity contribution in [3.8, 4) is 0 Å². The van der Waals surface area contributed by atoms with Crippen LogP contribution in [0, 0.1) is 45.8 Å². The zero-order valence-electron chi connectivity index (χ0n) is 21.4. The molecule has 176 valence electrons. The first-order valence-electron chi connectivity index (χ1n) is 13.6. The minimum absolute atomic E-state index is 0.170. The lowest BCUT2D eigenvalue weighted by Gasteiger charge is -2.57. The van der Waals surface area contributed by atoms with E-state index < -0.39 is 5.60 Å². The summed E-state index contributed by atoms with van der Waals surface area (Å²) in [4.78, 5) is 0. The molecule has 5 aliphatic rings. The van der Waals surface area contributed by atoms with Crippen molar-refractivity contribution in [2.45, 2.75) is 124 Å². The summed E-state index contributed by atoms with van der Waals surface area (Å²) in [5, 5.41) is 10.3. The molecule has 4 unspecified atom stereocenters. The Kier molecular flexibility index (Phi) is 5.04. The van der Waals surface area contributed by atoms with E-state index in [2.05, 4.69) is 34.6 Å². The van der Waals surface area contributed by atoms with Gasteiger partial charge in [-0.15, -0.1) is 0 Å². The minimum Gasteiger partial charge on any atom is -0.495 e. The summed E-state index contributed by atoms with van der Waals surface area (Å²) in [6.07, 6.45) is 13.3. The molecule has 0 aromatic carbocycles. The van der Waals surface area contributed by atoms with Crippen LogP contribution in [-0.4, -0.2) is 16.8 Å². The molecule has 0 aromatic rings. The lowest BCUT2D eigenvalue weighted by atomic mass is 9.47. The van der Waals surface area contributed by atoms with Crippen LogP contribution in [0.1, 0.15) is 113 Å². The van der Waals surface area contributed by atoms with Gasteiger partial charge in [-0.05, 0) is 117 Å². The summed E-state index contributed by atoms with van der Waals surface area (Å²) in [7, 11) is 0. The molecule has 2 spiro atoms. The van der Waals surface area contributed by atoms with Gasteiger partial charge in [0.2, 0.25) is 0 Å². The van der Waals surface area contributed by atoms with Gasteiger partial charge in [-0.25, -0.2) is 0 Å². The summed E-state index contributed by atoms with van der Waals surface area (Å²) in [5.41, 5.74) is 2.59. The molecule has 0 amide bonds. The fourth-order valence-corrected chi connectivity index (χ4v) is 10.6. The summed E-state index contributed by atoms with van der Waals surface area (Å²) in [6, 6.07) is 0. The van der Waals surface area contributed by atoms with E-state index in [1.165, 1.54) is 50.7 Å². The molecule has 4 saturated carbocycles. The molecule has 0 bridgehead atoms. The van der Waals surface area contributed by atoms with Gasteiger partial charge in [-0.3, -0.25) is 0 Å². The summed E-state index contributed by atoms with van der Waals surface area (Å²) in [6.45, 7) is 16.4. The van der Waals surface area contributed by atoms with Crippen molar-refractivity contribution in [1.29, 1.82) is 0 Å². The monoisotopic (exact) mass is 428 g/mol. The number of aliphatic hydroxyl groups is 1. The Morgan fingerprint density at radius 1 is 0.968 bits per heavy atom. The van der Waals surface area contributed by atoms with Gasteiger partial charge in [0.1, 0.15) is 6.10 Å². The van der Waals surface area contributed by atoms with Crippen molar-refractivity contribution in [2.24, 2.45) is 45.8 Å². The van der Waals surface area contributed by atoms with Crippen LogP contribution in [0.3, 0.4) is 0 Å². The Labute approximate surface area is 191 Å². The minimum atomic E-state index is -0.650. The van der Waals surface area contributed by atoms with Crippen LogP contribution in [0.25, 0.3) is 0 Å². The lowest BCUT2D eigenvalue weighted by molar-refractivity contribution is -0.0646. The zero-order valence-corrected chi connectivity index (χ0v) is 21.4. The standard InChI is InChI=1S/C29H48O2/c1-18-9-8-14-28-21(4)29(28)16-15-27(7,19(2)24(29)13-12-23(18)28)25-11-10-22(31-20(25)3)17-26(5,6)30/h18-19,21-24,30H,8-17H2,1-7H3/t18?,19?,21-,22-,23?,24+,27+,28?,29+/m1/s1. The second-order valence-corrected chi connectivity index (χ2v) is 13.5. The van der Waals surface area contributed by atoms with E-state index >= 15 is 0 Å². The van der Waals surface area contributed by atoms with E-state index in [0.717, 1.165) is 48.9 Å². The smallest absolute Gasteiger partial charge is 0.101 e. The normalized spacial score (nSPS) is 52.0. The second-order valence-electron chi connectivity index (χ2n) is 13.5. The first kappa shape index (κ1) is 22.3. The molecule has 1 aliphatic heterocycles. The van der Waals surface area contributed by atoms with Crippen molar-refractivity contribution in [2.75, 3.05) is 0 Å². The molecule has 2 nitrogen and oxygen atoms in total. The largest absolute Gasteiger partial charge is 0.495 e. The van der Waals surface area contributed by atoms with Gasteiger partial charge in [0.25, 0.3) is 0 Å². The Morgan fingerprint density at radius 2 is 1.65 bits per heavy atom. The van der Waals surface area contributed by atoms with E-state index in [1.807, 2.05) is 13.8 Å². The predicted octanol–water partition coefficient (Wildman–Crippen LogP) is 7.51. The third kappa shape index (κ3) is 2.91. The first-order chi connectivity index (χ1) is 14.5. The lowest BCUT2D eigenvalue weighted by Crippen LogP contribution is -2.50. The molecular formula is C29H48O2. The maximum Gasteiger partial charge on any atom is 0.101 e. The molecule has 5 rings (SSSR count). The van der Waals surface area contributed by atoms with E-state index in [1.54, 1.807) is 5.57 Å². The van der Waals surface area contributed by atoms with Crippen molar-refractivity contribution >= 4 is 0 Å². The van der Waals surface area contributed by atoms with Gasteiger partial charge in [0, 0.05) is 6.42 Å². The maximum absolute atomic E-state index is 10.3. The fourth-order valence-electron chi connectivity index (χ4n) is 10.6. The van der Waals surface area contributed by atoms with Crippen molar-refractivity contribution in [1.82, 2.24) is 0 Å². The third-order valence-electron chi connectivity index (χ3n) is 11.9. The molecule has 2 heteroatoms. The summed E-state index contributed by atoms with van der Waals surface area (Å²) in [5.74, 6) is 5.73. The third-order valence-corrected chi connectivity index (χ3v) is 11.9. The topological polar surface area (TPSA) is 29.5 Å². The van der Waals surface area contributed by atoms with E-state index in [0.29, 0.717) is 10.8 Å². The van der Waals surface area contributed by atoms with Crippen LogP contribution >= 0.6 is 0 Å². The zero-order chi connectivity index (χ0) is 22.4. The van der Waals surface area contributed by atoms with E-state index in [9.17, 15) is 5.11 Å². The Balaban J connectivity index is 1.40. The average Bonchev–Trinajstić information content (AvgIpc) is 3.21. The van der Waals surface area contributed by atoms with Crippen molar-refractivity contribution < 1.29 is 9.84 Å². The van der Waals surface area contributed by atoms with Crippen LogP contribution in [0.2, 0.25) is 0 Å². The number of allylic oxidation sites excluding steroid dienone is 2. The molecule has 0 saturated heterocycles. The maximum atomic E-state index is 10.3. The SMILES string of the molecule is CC1=C([C@@]2(C)CC[C@@]34[C@H](C)C35CCCC(C)C5CC[C@H]4C2C)CC[C@H](CC(C)(C)O)O1. The van der Waals surface area contributed by atoms with Gasteiger partial charge in [-0.1, -0.05) is 40.5 Å². The molecule has 1 N–H and O–H groups in total. The molecule has 1 heterocycles. The Hall–Kier alpha value is -0.500. The van der Waals surface area contributed by atoms with E-state index in [-0.39, 0.29) is 11.5 Å². The van der Waals surface area contributed by atoms with Crippen LogP contribution in [0.5, 0.6) is 0 Å². The highest BCUT2D eigenvalue weighted by atomic mass is 16.5. The first-order valence-corrected chi connectivity index (χ1v) is 13.6. The molecular weight excluding hydrogens is 380 g/mol. The second kappa shape index (κ2) is 7.00. The Bertz CT molecular complexity index is 761. The molecule has 4 fully saturated rings. The highest BCUT2D eigenvalue weighted by Gasteiger charge is 2.81. The highest BCUT2D eigenvalue weighted by Crippen LogP contribution is 2.87. The summed E-state index contributed by atoms with van der Waals surface area (Å²) < 4.78 is 6.45.